The van der Waals surface area contributed by atoms with Gasteiger partial charge in [-0.1, -0.05) is 12.1 Å². The molecule has 0 amide bonds. The minimum Gasteiger partial charge on any atom is -0.497 e. The molecule has 0 radical (unpaired) electrons. The van der Waals surface area contributed by atoms with Crippen molar-refractivity contribution in [2.45, 2.75) is 13.5 Å². The molecule has 0 saturated heterocycles. The molecule has 7 nitrogen and oxygen atoms in total. The fourth-order valence-electron chi connectivity index (χ4n) is 2.73. The van der Waals surface area contributed by atoms with E-state index in [0.717, 1.165) is 11.3 Å². The first-order valence-electron chi connectivity index (χ1n) is 8.97. The van der Waals surface area contributed by atoms with Crippen LogP contribution in [0.15, 0.2) is 58.3 Å². The molecule has 0 fully saturated rings. The SMILES string of the molecule is CCOc1ccc(-n2c(O)c(C=NCc3ccc(OC)cc3)c(=O)[nH]c2=S)cc1. The summed E-state index contributed by atoms with van der Waals surface area (Å²) in [7, 11) is 1.60. The molecule has 0 atom stereocenters. The maximum atomic E-state index is 12.3. The Bertz CT molecular complexity index is 1120. The molecule has 1 heterocycles. The summed E-state index contributed by atoms with van der Waals surface area (Å²) in [6.07, 6.45) is 1.35. The summed E-state index contributed by atoms with van der Waals surface area (Å²) in [5.74, 6) is 1.18. The molecule has 0 spiro atoms. The number of H-pyrrole nitrogens is 1. The summed E-state index contributed by atoms with van der Waals surface area (Å²) in [6.45, 7) is 2.80. The molecule has 0 aliphatic heterocycles. The molecule has 2 N–H and O–H groups in total. The van der Waals surface area contributed by atoms with Gasteiger partial charge in [0.1, 0.15) is 17.1 Å². The van der Waals surface area contributed by atoms with Gasteiger partial charge in [-0.2, -0.15) is 0 Å². The second-order valence-corrected chi connectivity index (χ2v) is 6.46. The van der Waals surface area contributed by atoms with E-state index < -0.39 is 5.56 Å². The van der Waals surface area contributed by atoms with E-state index in [2.05, 4.69) is 9.98 Å². The van der Waals surface area contributed by atoms with Crippen LogP contribution >= 0.6 is 12.2 Å². The van der Waals surface area contributed by atoms with Crippen molar-refractivity contribution in [3.8, 4) is 23.1 Å². The van der Waals surface area contributed by atoms with Crippen molar-refractivity contribution in [1.29, 1.82) is 0 Å². The zero-order chi connectivity index (χ0) is 20.8. The van der Waals surface area contributed by atoms with Crippen molar-refractivity contribution >= 4 is 18.4 Å². The molecule has 29 heavy (non-hydrogen) atoms. The van der Waals surface area contributed by atoms with Crippen molar-refractivity contribution in [1.82, 2.24) is 9.55 Å². The highest BCUT2D eigenvalue weighted by Crippen LogP contribution is 2.21. The summed E-state index contributed by atoms with van der Waals surface area (Å²) >= 11 is 5.23. The molecule has 0 bridgehead atoms. The van der Waals surface area contributed by atoms with Crippen LogP contribution < -0.4 is 15.0 Å². The highest BCUT2D eigenvalue weighted by Gasteiger charge is 2.12. The minimum absolute atomic E-state index is 0.0287. The van der Waals surface area contributed by atoms with Gasteiger partial charge in [-0.05, 0) is 61.1 Å². The highest BCUT2D eigenvalue weighted by atomic mass is 32.1. The fourth-order valence-corrected chi connectivity index (χ4v) is 3.01. The second kappa shape index (κ2) is 9.20. The standard InChI is InChI=1S/C21H21N3O4S/c1-3-28-17-10-6-15(7-11-17)24-20(26)18(19(25)23-21(24)29)13-22-12-14-4-8-16(27-2)9-5-14/h4-11,13,26H,3,12H2,1-2H3,(H,23,25,29). The number of aromatic nitrogens is 2. The molecule has 1 aromatic heterocycles. The number of ether oxygens (including phenoxy) is 2. The first-order valence-corrected chi connectivity index (χ1v) is 9.38. The van der Waals surface area contributed by atoms with E-state index in [1.807, 2.05) is 31.2 Å². The van der Waals surface area contributed by atoms with Gasteiger partial charge in [0.15, 0.2) is 4.77 Å². The smallest absolute Gasteiger partial charge is 0.264 e. The molecule has 0 unspecified atom stereocenters. The van der Waals surface area contributed by atoms with E-state index >= 15 is 0 Å². The first kappa shape index (κ1) is 20.3. The summed E-state index contributed by atoms with van der Waals surface area (Å²) in [5.41, 5.74) is 1.06. The number of aromatic amines is 1. The second-order valence-electron chi connectivity index (χ2n) is 6.08. The summed E-state index contributed by atoms with van der Waals surface area (Å²) in [4.78, 5) is 19.1. The molecule has 2 aromatic carbocycles. The predicted molar refractivity (Wildman–Crippen MR) is 114 cm³/mol. The molecule has 0 aliphatic carbocycles. The van der Waals surface area contributed by atoms with Crippen LogP contribution in [0.25, 0.3) is 5.69 Å². The van der Waals surface area contributed by atoms with Crippen LogP contribution in [-0.2, 0) is 6.54 Å². The molecule has 3 rings (SSSR count). The van der Waals surface area contributed by atoms with E-state index in [1.165, 1.54) is 10.8 Å². The van der Waals surface area contributed by atoms with Gasteiger partial charge in [-0.3, -0.25) is 19.3 Å². The first-order chi connectivity index (χ1) is 14.0. The normalized spacial score (nSPS) is 11.0. The van der Waals surface area contributed by atoms with Crippen LogP contribution in [0.1, 0.15) is 18.1 Å². The average Bonchev–Trinajstić information content (AvgIpc) is 2.72. The molecular weight excluding hydrogens is 390 g/mol. The highest BCUT2D eigenvalue weighted by molar-refractivity contribution is 7.71. The van der Waals surface area contributed by atoms with Crippen LogP contribution in [-0.4, -0.2) is 34.6 Å². The predicted octanol–water partition coefficient (Wildman–Crippen LogP) is 3.63. The Morgan fingerprint density at radius 2 is 1.79 bits per heavy atom. The van der Waals surface area contributed by atoms with Gasteiger partial charge in [0, 0.05) is 6.21 Å². The molecule has 8 heteroatoms. The Morgan fingerprint density at radius 3 is 2.41 bits per heavy atom. The molecule has 150 valence electrons. The van der Waals surface area contributed by atoms with Crippen molar-refractivity contribution in [2.24, 2.45) is 4.99 Å². The minimum atomic E-state index is -0.506. The third-order valence-corrected chi connectivity index (χ3v) is 4.46. The third-order valence-electron chi connectivity index (χ3n) is 4.18. The van der Waals surface area contributed by atoms with E-state index in [0.29, 0.717) is 24.6 Å². The molecular formula is C21H21N3O4S. The van der Waals surface area contributed by atoms with Gasteiger partial charge in [-0.25, -0.2) is 0 Å². The molecule has 0 saturated carbocycles. The van der Waals surface area contributed by atoms with Crippen LogP contribution in [0.5, 0.6) is 17.4 Å². The molecule has 3 aromatic rings. The van der Waals surface area contributed by atoms with Crippen LogP contribution in [0.3, 0.4) is 0 Å². The van der Waals surface area contributed by atoms with E-state index in [-0.39, 0.29) is 16.2 Å². The van der Waals surface area contributed by atoms with E-state index in [4.69, 9.17) is 21.7 Å². The van der Waals surface area contributed by atoms with Gasteiger partial charge in [0.2, 0.25) is 5.88 Å². The maximum absolute atomic E-state index is 12.3. The zero-order valence-corrected chi connectivity index (χ0v) is 16.9. The van der Waals surface area contributed by atoms with Crippen LogP contribution in [0.2, 0.25) is 0 Å². The maximum Gasteiger partial charge on any atom is 0.264 e. The summed E-state index contributed by atoms with van der Waals surface area (Å²) in [6, 6.07) is 14.5. The van der Waals surface area contributed by atoms with Crippen molar-refractivity contribution < 1.29 is 14.6 Å². The van der Waals surface area contributed by atoms with Gasteiger partial charge in [0.05, 0.1) is 25.9 Å². The number of hydrogen-bond donors (Lipinski definition) is 2. The van der Waals surface area contributed by atoms with Gasteiger partial charge in [0.25, 0.3) is 5.56 Å². The number of hydrogen-bond acceptors (Lipinski definition) is 6. The number of methoxy groups -OCH3 is 1. The number of aliphatic imine (C=N–C) groups is 1. The van der Waals surface area contributed by atoms with E-state index in [1.54, 1.807) is 31.4 Å². The number of nitrogens with one attached hydrogen (secondary N) is 1. The van der Waals surface area contributed by atoms with Crippen LogP contribution in [0, 0.1) is 4.77 Å². The third kappa shape index (κ3) is 4.72. The van der Waals surface area contributed by atoms with Gasteiger partial charge < -0.3 is 14.6 Å². The lowest BCUT2D eigenvalue weighted by Gasteiger charge is -2.12. The van der Waals surface area contributed by atoms with Crippen molar-refractivity contribution in [3.05, 3.63) is 74.8 Å². The quantitative estimate of drug-likeness (QED) is 0.458. The zero-order valence-electron chi connectivity index (χ0n) is 16.1. The van der Waals surface area contributed by atoms with Crippen molar-refractivity contribution in [3.63, 3.8) is 0 Å². The Morgan fingerprint density at radius 1 is 1.14 bits per heavy atom. The van der Waals surface area contributed by atoms with Gasteiger partial charge in [-0.15, -0.1) is 0 Å². The lowest BCUT2D eigenvalue weighted by molar-refractivity contribution is 0.340. The average molecular weight is 411 g/mol. The van der Waals surface area contributed by atoms with Gasteiger partial charge >= 0.3 is 0 Å². The molecule has 0 aliphatic rings. The summed E-state index contributed by atoms with van der Waals surface area (Å²) < 4.78 is 12.0. The number of rotatable bonds is 7. The fraction of sp³-hybridized carbons (Fsp3) is 0.190. The van der Waals surface area contributed by atoms with E-state index in [9.17, 15) is 9.90 Å². The Hall–Kier alpha value is -3.39. The Balaban J connectivity index is 1.90. The number of nitrogens with zero attached hydrogens (tertiary/aromatic N) is 2. The van der Waals surface area contributed by atoms with Crippen LogP contribution in [0.4, 0.5) is 0 Å². The monoisotopic (exact) mass is 411 g/mol. The Labute approximate surface area is 172 Å². The topological polar surface area (TPSA) is 88.8 Å². The Kier molecular flexibility index (Phi) is 6.46. The lowest BCUT2D eigenvalue weighted by Crippen LogP contribution is -2.18. The summed E-state index contributed by atoms with van der Waals surface area (Å²) in [5, 5.41) is 10.7. The largest absolute Gasteiger partial charge is 0.497 e. The van der Waals surface area contributed by atoms with Crippen molar-refractivity contribution in [2.75, 3.05) is 13.7 Å². The number of aromatic hydroxyl groups is 1. The number of benzene rings is 2. The lowest BCUT2D eigenvalue weighted by atomic mass is 10.2.